The van der Waals surface area contributed by atoms with E-state index >= 15 is 0 Å². The fourth-order valence-electron chi connectivity index (χ4n) is 16.8. The SMILES string of the molecule is COC(=O)[C@H](C[C@@H]1CCNC1=O)NC(=O)[C@@H](CC(=O)c1cc2ccc(Cl)cc2[nH]1)CC1CC1.COC(=O)[C@H](C[C@@H]1CCNC1=O)NC(=O)[C@@H](N)CC1CC1.Cl.N#C[C@H](C[C@@H]1CCNC1=O)NC(=O)[C@@H](CC(=O)c1cc2ccc(Cl)cc2[nH]1)CC1CC1.NC(=O)[C@H](C[C@@H]1CCNC1=O)NC(=O)[C@@H](CC(=O)c1cc2ccc(Cl)cc2[nH]1)CC1CC1.O=C(O)c1cc2ccc(Cl)cc2[nH]1. The zero-order valence-electron chi connectivity index (χ0n) is 72.5. The van der Waals surface area contributed by atoms with Crippen LogP contribution in [0.15, 0.2) is 97.1 Å². The molecule has 4 saturated carbocycles. The Hall–Kier alpha value is -11.4. The van der Waals surface area contributed by atoms with Crippen molar-refractivity contribution in [3.63, 3.8) is 0 Å². The number of benzene rings is 4. The number of aromatic amines is 4. The molecule has 4 aliphatic carbocycles. The number of rotatable bonds is 37. The van der Waals surface area contributed by atoms with Crippen molar-refractivity contribution in [3.8, 4) is 6.07 Å². The molecular weight excluding hydrogens is 1790 g/mol. The van der Waals surface area contributed by atoms with Gasteiger partial charge < -0.3 is 88.5 Å². The fourth-order valence-corrected chi connectivity index (χ4v) is 17.5. The van der Waals surface area contributed by atoms with E-state index < -0.39 is 71.8 Å². The summed E-state index contributed by atoms with van der Waals surface area (Å²) in [6, 6.07) is 26.2. The smallest absolute Gasteiger partial charge is 0.352 e. The van der Waals surface area contributed by atoms with Crippen molar-refractivity contribution in [2.24, 2.45) is 76.6 Å². The van der Waals surface area contributed by atoms with Crippen LogP contribution in [0.3, 0.4) is 0 Å². The van der Waals surface area contributed by atoms with E-state index in [4.69, 9.17) is 72.5 Å². The Kier molecular flexibility index (Phi) is 35.6. The van der Waals surface area contributed by atoms with Gasteiger partial charge in [-0.3, -0.25) is 57.5 Å². The number of nitrogens with one attached hydrogen (secondary N) is 12. The van der Waals surface area contributed by atoms with Crippen LogP contribution in [0.25, 0.3) is 43.6 Å². The fraction of sp³-hybridized carbons (Fsp3) is 0.484. The number of halogens is 5. The second-order valence-electron chi connectivity index (χ2n) is 35.1. The average molecular weight is 1900 g/mol. The minimum atomic E-state index is -0.965. The van der Waals surface area contributed by atoms with E-state index in [1.165, 1.54) is 14.2 Å². The van der Waals surface area contributed by atoms with E-state index in [0.717, 1.165) is 95.0 Å². The number of Topliss-reactive ketones (excluding diaryl/α,β-unsaturated/α-hetero) is 3. The number of fused-ring (bicyclic) bond motifs is 4. The zero-order valence-corrected chi connectivity index (χ0v) is 76.3. The minimum absolute atomic E-state index is 0. The Labute approximate surface area is 781 Å². The number of carbonyl (C=O) groups excluding carboxylic acids is 14. The van der Waals surface area contributed by atoms with Crippen molar-refractivity contribution in [1.29, 1.82) is 5.26 Å². The molecule has 4 aromatic heterocycles. The van der Waals surface area contributed by atoms with Crippen LogP contribution >= 0.6 is 58.8 Å². The van der Waals surface area contributed by atoms with E-state index in [1.807, 2.05) is 18.2 Å². The molecule has 4 aromatic carbocycles. The molecule has 9 amide bonds. The third-order valence-corrected chi connectivity index (χ3v) is 25.9. The molecule has 16 rings (SSSR count). The van der Waals surface area contributed by atoms with Crippen molar-refractivity contribution in [2.75, 3.05) is 40.4 Å². The largest absolute Gasteiger partial charge is 0.477 e. The highest BCUT2D eigenvalue weighted by molar-refractivity contribution is 6.32. The van der Waals surface area contributed by atoms with Gasteiger partial charge in [-0.2, -0.15) is 5.26 Å². The summed E-state index contributed by atoms with van der Waals surface area (Å²) in [5.41, 5.74) is 15.8. The van der Waals surface area contributed by atoms with Gasteiger partial charge in [0.05, 0.1) is 43.4 Å². The first kappa shape index (κ1) is 100. The molecule has 8 aromatic rings. The number of amides is 9. The average Bonchev–Trinajstić information content (AvgIpc) is 1.69. The summed E-state index contributed by atoms with van der Waals surface area (Å²) >= 11 is 23.8. The molecule has 8 aliphatic rings. The zero-order chi connectivity index (χ0) is 93.1. The van der Waals surface area contributed by atoms with Crippen molar-refractivity contribution in [1.82, 2.24) is 62.5 Å². The predicted molar refractivity (Wildman–Crippen MR) is 492 cm³/mol. The van der Waals surface area contributed by atoms with Gasteiger partial charge in [0.1, 0.15) is 29.9 Å². The Morgan fingerprint density at radius 3 is 0.977 bits per heavy atom. The quantitative estimate of drug-likeness (QED) is 0.0127. The van der Waals surface area contributed by atoms with Crippen LogP contribution < -0.4 is 54.0 Å². The van der Waals surface area contributed by atoms with Gasteiger partial charge in [0.15, 0.2) is 17.3 Å². The number of esters is 2. The monoisotopic (exact) mass is 1900 g/mol. The van der Waals surface area contributed by atoms with E-state index in [1.54, 1.807) is 78.9 Å². The van der Waals surface area contributed by atoms with Gasteiger partial charge in [-0.15, -0.1) is 12.4 Å². The van der Waals surface area contributed by atoms with Crippen LogP contribution in [0.1, 0.15) is 190 Å². The number of primary amides is 1. The molecule has 0 unspecified atom stereocenters. The maximum Gasteiger partial charge on any atom is 0.352 e. The number of ketones is 3. The molecule has 700 valence electrons. The first-order valence-electron chi connectivity index (χ1n) is 44.1. The molecule has 8 heterocycles. The summed E-state index contributed by atoms with van der Waals surface area (Å²) in [6.07, 6.45) is 14.5. The lowest BCUT2D eigenvalue weighted by Gasteiger charge is -2.22. The number of nitrogens with zero attached hydrogens (tertiary/aromatic N) is 1. The van der Waals surface area contributed by atoms with Gasteiger partial charge in [-0.25, -0.2) is 14.4 Å². The summed E-state index contributed by atoms with van der Waals surface area (Å²) < 4.78 is 9.56. The van der Waals surface area contributed by atoms with Crippen LogP contribution in [0.4, 0.5) is 0 Å². The summed E-state index contributed by atoms with van der Waals surface area (Å²) in [6.45, 7) is 2.31. The molecule has 131 heavy (non-hydrogen) atoms. The Bertz CT molecular complexity index is 5610. The van der Waals surface area contributed by atoms with Crippen molar-refractivity contribution < 1.29 is 86.5 Å². The van der Waals surface area contributed by atoms with Crippen LogP contribution in [0, 0.1) is 76.4 Å². The number of carboxylic acids is 1. The van der Waals surface area contributed by atoms with Gasteiger partial charge in [-0.1, -0.05) is 122 Å². The number of hydrogen-bond acceptors (Lipinski definition) is 19. The first-order chi connectivity index (χ1) is 62.2. The topological polar surface area (TPSA) is 530 Å². The molecule has 12 atom stereocenters. The number of hydrogen-bond donors (Lipinski definition) is 15. The second kappa shape index (κ2) is 46.6. The lowest BCUT2D eigenvalue weighted by atomic mass is 9.92. The number of methoxy groups -OCH3 is 2. The molecule has 8 fully saturated rings. The number of H-pyrrole nitrogens is 4. The number of aromatic nitrogens is 4. The lowest BCUT2D eigenvalue weighted by Crippen LogP contribution is -2.49. The molecule has 38 heteroatoms. The van der Waals surface area contributed by atoms with Gasteiger partial charge in [0.2, 0.25) is 53.2 Å². The molecule has 33 nitrogen and oxygen atoms in total. The van der Waals surface area contributed by atoms with Crippen LogP contribution in [0.5, 0.6) is 0 Å². The number of carbonyl (C=O) groups is 15. The number of ether oxygens (including phenoxy) is 2. The number of nitriles is 1. The maximum atomic E-state index is 13.2. The standard InChI is InChI=1S/C24H28ClN3O5.C23H27ClN4O4.C23H25ClN4O3.C14H23N3O4.C9H6ClNO2.ClH/c1-33-24(32)20(10-15-6-7-26-22(15)30)28-23(31)16(8-13-2-3-13)11-21(29)19-9-14-4-5-17(25)12-18(14)27-19;24-16-4-3-13-8-18(27-17(13)11-16)20(29)10-15(7-12-1-2-12)23(32)28-19(21(25)30)9-14-5-6-26-22(14)31;24-17-4-3-14-9-20(28-19(14)11-17)21(29)10-16(7-13-1-2-13)23(31)27-18(12-25)8-15-5-6-26-22(15)30;1-21-14(20)11(7-9-4-5-16-12(9)18)17-13(19)10(15)6-8-2-3-8;10-6-2-1-5-3-8(9(12)13)11-7(5)4-6;/h4-5,9,12-13,15-16,20,27H,2-3,6-8,10-11H2,1H3,(H,26,30)(H,28,31);3-4,8,11-12,14-15,19,27H,1-2,5-7,9-10H2,(H2,25,30)(H,26,31)(H,28,32);3-4,9,11,13,15-16,18,28H,1-2,5-8,10H2,(H,26,30)(H,27,31);8-11H,2-7,15H2,1H3,(H,16,18)(H,17,19);1-4,11H,(H,12,13);1H/t15-,16+,20-;14-,15+,19-;15-,16+,18-;9-,10-,11-;;/m0000../s1. The van der Waals surface area contributed by atoms with Crippen molar-refractivity contribution >= 4 is 191 Å². The number of carboxylic acid groups (broad SMARTS) is 1. The van der Waals surface area contributed by atoms with E-state index in [9.17, 15) is 77.2 Å². The Balaban J connectivity index is 0.000000162. The predicted octanol–water partition coefficient (Wildman–Crippen LogP) is 10.9. The highest BCUT2D eigenvalue weighted by Crippen LogP contribution is 2.41. The van der Waals surface area contributed by atoms with Gasteiger partial charge in [0.25, 0.3) is 0 Å². The maximum absolute atomic E-state index is 13.2. The molecule has 0 spiro atoms. The Morgan fingerprint density at radius 2 is 0.687 bits per heavy atom. The van der Waals surface area contributed by atoms with Gasteiger partial charge >= 0.3 is 17.9 Å². The van der Waals surface area contributed by atoms with Crippen LogP contribution in [0.2, 0.25) is 20.1 Å². The van der Waals surface area contributed by atoms with Crippen molar-refractivity contribution in [2.45, 2.75) is 178 Å². The van der Waals surface area contributed by atoms with E-state index in [-0.39, 0.29) is 145 Å². The summed E-state index contributed by atoms with van der Waals surface area (Å²) in [4.78, 5) is 196. The highest BCUT2D eigenvalue weighted by Gasteiger charge is 2.41. The molecule has 0 radical (unpaired) electrons. The lowest BCUT2D eigenvalue weighted by molar-refractivity contribution is -0.146. The Morgan fingerprint density at radius 1 is 0.405 bits per heavy atom. The number of aromatic carboxylic acids is 1. The van der Waals surface area contributed by atoms with Gasteiger partial charge in [-0.05, 0) is 174 Å². The van der Waals surface area contributed by atoms with Crippen molar-refractivity contribution in [3.05, 3.63) is 140 Å². The van der Waals surface area contributed by atoms with E-state index in [0.29, 0.717) is 145 Å². The summed E-state index contributed by atoms with van der Waals surface area (Å²) in [7, 11) is 2.52. The second-order valence-corrected chi connectivity index (χ2v) is 36.9. The molecule has 4 aliphatic heterocycles. The van der Waals surface area contributed by atoms with Gasteiger partial charge in [0, 0.05) is 151 Å². The van der Waals surface area contributed by atoms with Crippen LogP contribution in [-0.4, -0.2) is 184 Å². The normalized spacial score (nSPS) is 19.5. The van der Waals surface area contributed by atoms with E-state index in [2.05, 4.69) is 68.5 Å². The molecular formula is C93H110Cl5N15O18. The summed E-state index contributed by atoms with van der Waals surface area (Å²) in [5, 5.41) is 45.8. The molecule has 4 saturated heterocycles. The molecule has 0 bridgehead atoms. The summed E-state index contributed by atoms with van der Waals surface area (Å²) in [5.74, 6) is -6.10. The third-order valence-electron chi connectivity index (χ3n) is 24.9. The third kappa shape index (κ3) is 29.3. The molecule has 17 N–H and O–H groups in total. The highest BCUT2D eigenvalue weighted by atomic mass is 35.5. The first-order valence-corrected chi connectivity index (χ1v) is 45.6. The number of nitrogens with two attached hydrogens (primary N) is 2. The minimum Gasteiger partial charge on any atom is -0.477 e. The van der Waals surface area contributed by atoms with Crippen LogP contribution in [-0.2, 0) is 62.2 Å².